The molecule has 0 unspecified atom stereocenters. The second kappa shape index (κ2) is 5.04. The lowest BCUT2D eigenvalue weighted by Gasteiger charge is -2.06. The summed E-state index contributed by atoms with van der Waals surface area (Å²) < 4.78 is 2.66. The molecular formula is C14H11ClN2S2. The van der Waals surface area contributed by atoms with Crippen molar-refractivity contribution in [3.63, 3.8) is 0 Å². The zero-order valence-corrected chi connectivity index (χ0v) is 12.6. The van der Waals surface area contributed by atoms with Crippen LogP contribution in [0.2, 0.25) is 5.02 Å². The van der Waals surface area contributed by atoms with E-state index in [0.717, 1.165) is 16.7 Å². The third kappa shape index (κ3) is 2.20. The number of para-hydroxylation sites is 1. The number of aromatic nitrogens is 2. The van der Waals surface area contributed by atoms with Gasteiger partial charge < -0.3 is 4.98 Å². The molecule has 0 saturated carbocycles. The standard InChI is InChI=1S/C14H11ClN2S2/c1-19-10-5-2-4-9(8-10)17-12-7-3-6-11(15)13(12)16-14(17)18/h2-8H,1H3,(H,16,18). The first-order valence-electron chi connectivity index (χ1n) is 5.74. The number of halogens is 1. The number of hydrogen-bond donors (Lipinski definition) is 1. The predicted octanol–water partition coefficient (Wildman–Crippen LogP) is 5.06. The van der Waals surface area contributed by atoms with E-state index in [1.165, 1.54) is 4.90 Å². The molecule has 3 rings (SSSR count). The van der Waals surface area contributed by atoms with Crippen molar-refractivity contribution < 1.29 is 0 Å². The van der Waals surface area contributed by atoms with Gasteiger partial charge in [-0.1, -0.05) is 23.7 Å². The molecular weight excluding hydrogens is 296 g/mol. The topological polar surface area (TPSA) is 20.7 Å². The summed E-state index contributed by atoms with van der Waals surface area (Å²) in [6, 6.07) is 14.1. The van der Waals surface area contributed by atoms with Crippen LogP contribution in [0.5, 0.6) is 0 Å². The Bertz CT molecular complexity index is 805. The number of nitrogens with one attached hydrogen (secondary N) is 1. The average molecular weight is 307 g/mol. The van der Waals surface area contributed by atoms with Crippen LogP contribution in [-0.2, 0) is 0 Å². The van der Waals surface area contributed by atoms with Gasteiger partial charge in [-0.3, -0.25) is 4.57 Å². The average Bonchev–Trinajstić information content (AvgIpc) is 2.77. The van der Waals surface area contributed by atoms with Crippen molar-refractivity contribution in [3.05, 3.63) is 52.3 Å². The van der Waals surface area contributed by atoms with Gasteiger partial charge in [0.1, 0.15) is 0 Å². The van der Waals surface area contributed by atoms with Crippen molar-refractivity contribution in [1.82, 2.24) is 9.55 Å². The number of hydrogen-bond acceptors (Lipinski definition) is 2. The molecule has 0 amide bonds. The van der Waals surface area contributed by atoms with Crippen LogP contribution in [-0.4, -0.2) is 15.8 Å². The maximum absolute atomic E-state index is 6.19. The van der Waals surface area contributed by atoms with Gasteiger partial charge in [-0.05, 0) is 48.8 Å². The van der Waals surface area contributed by atoms with Crippen molar-refractivity contribution >= 4 is 46.6 Å². The molecule has 0 saturated heterocycles. The van der Waals surface area contributed by atoms with Crippen molar-refractivity contribution in [2.45, 2.75) is 4.90 Å². The van der Waals surface area contributed by atoms with Crippen LogP contribution in [0.4, 0.5) is 0 Å². The van der Waals surface area contributed by atoms with E-state index in [2.05, 4.69) is 23.4 Å². The highest BCUT2D eigenvalue weighted by atomic mass is 35.5. The Labute approximate surface area is 125 Å². The number of thioether (sulfide) groups is 1. The van der Waals surface area contributed by atoms with Gasteiger partial charge in [0.15, 0.2) is 4.77 Å². The molecule has 1 aromatic heterocycles. The van der Waals surface area contributed by atoms with Crippen LogP contribution in [0.3, 0.4) is 0 Å². The van der Waals surface area contributed by atoms with Gasteiger partial charge in [-0.2, -0.15) is 0 Å². The maximum Gasteiger partial charge on any atom is 0.182 e. The number of H-pyrrole nitrogens is 1. The molecule has 19 heavy (non-hydrogen) atoms. The summed E-state index contributed by atoms with van der Waals surface area (Å²) in [7, 11) is 0. The van der Waals surface area contributed by atoms with Gasteiger partial charge in [0.25, 0.3) is 0 Å². The van der Waals surface area contributed by atoms with Crippen LogP contribution in [0.25, 0.3) is 16.7 Å². The molecule has 3 aromatic rings. The molecule has 5 heteroatoms. The van der Waals surface area contributed by atoms with Crippen LogP contribution in [0.1, 0.15) is 0 Å². The van der Waals surface area contributed by atoms with Crippen LogP contribution in [0.15, 0.2) is 47.4 Å². The minimum atomic E-state index is 0.654. The summed E-state index contributed by atoms with van der Waals surface area (Å²) in [4.78, 5) is 4.37. The summed E-state index contributed by atoms with van der Waals surface area (Å²) in [5.41, 5.74) is 2.92. The minimum absolute atomic E-state index is 0.654. The molecule has 0 radical (unpaired) electrons. The molecule has 2 aromatic carbocycles. The Morgan fingerprint density at radius 3 is 2.79 bits per heavy atom. The monoisotopic (exact) mass is 306 g/mol. The van der Waals surface area contributed by atoms with E-state index in [4.69, 9.17) is 23.8 Å². The number of rotatable bonds is 2. The summed E-state index contributed by atoms with van der Waals surface area (Å²) in [5, 5.41) is 0.684. The number of imidazole rings is 1. The van der Waals surface area contributed by atoms with Gasteiger partial charge in [0.2, 0.25) is 0 Å². The lowest BCUT2D eigenvalue weighted by Crippen LogP contribution is -1.93. The summed E-state index contributed by atoms with van der Waals surface area (Å²) in [5.74, 6) is 0. The van der Waals surface area contributed by atoms with Crippen molar-refractivity contribution in [3.8, 4) is 5.69 Å². The third-order valence-corrected chi connectivity index (χ3v) is 4.30. The minimum Gasteiger partial charge on any atom is -0.329 e. The lowest BCUT2D eigenvalue weighted by molar-refractivity contribution is 1.06. The second-order valence-corrected chi connectivity index (χ2v) is 5.77. The number of nitrogens with zero attached hydrogens (tertiary/aromatic N) is 1. The fraction of sp³-hybridized carbons (Fsp3) is 0.0714. The van der Waals surface area contributed by atoms with Gasteiger partial charge in [0.05, 0.1) is 16.1 Å². The van der Waals surface area contributed by atoms with Crippen molar-refractivity contribution in [2.75, 3.05) is 6.26 Å². The van der Waals surface area contributed by atoms with E-state index < -0.39 is 0 Å². The first-order chi connectivity index (χ1) is 9.20. The molecule has 0 bridgehead atoms. The molecule has 1 heterocycles. The van der Waals surface area contributed by atoms with E-state index in [9.17, 15) is 0 Å². The Balaban J connectivity index is 2.33. The molecule has 0 aliphatic carbocycles. The highest BCUT2D eigenvalue weighted by Gasteiger charge is 2.09. The Hall–Kier alpha value is -1.23. The number of fused-ring (bicyclic) bond motifs is 1. The van der Waals surface area contributed by atoms with E-state index in [1.807, 2.05) is 34.9 Å². The molecule has 96 valence electrons. The fourth-order valence-corrected chi connectivity index (χ4v) is 3.08. The smallest absolute Gasteiger partial charge is 0.182 e. The molecule has 0 aliphatic rings. The van der Waals surface area contributed by atoms with E-state index in [0.29, 0.717) is 9.79 Å². The Kier molecular flexibility index (Phi) is 3.39. The van der Waals surface area contributed by atoms with Gasteiger partial charge in [0, 0.05) is 10.6 Å². The summed E-state index contributed by atoms with van der Waals surface area (Å²) in [6.45, 7) is 0. The fourth-order valence-electron chi connectivity index (χ4n) is 2.10. The molecule has 1 N–H and O–H groups in total. The van der Waals surface area contributed by atoms with Gasteiger partial charge in [-0.15, -0.1) is 11.8 Å². The largest absolute Gasteiger partial charge is 0.329 e. The van der Waals surface area contributed by atoms with Crippen molar-refractivity contribution in [1.29, 1.82) is 0 Å². The van der Waals surface area contributed by atoms with E-state index in [1.54, 1.807) is 11.8 Å². The summed E-state index contributed by atoms with van der Waals surface area (Å²) >= 11 is 13.3. The maximum atomic E-state index is 6.19. The number of aromatic amines is 1. The zero-order chi connectivity index (χ0) is 13.4. The Morgan fingerprint density at radius 1 is 1.21 bits per heavy atom. The molecule has 0 aliphatic heterocycles. The highest BCUT2D eigenvalue weighted by Crippen LogP contribution is 2.26. The van der Waals surface area contributed by atoms with E-state index in [-0.39, 0.29) is 0 Å². The first-order valence-corrected chi connectivity index (χ1v) is 7.75. The SMILES string of the molecule is CSc1cccc(-n2c(=S)[nH]c3c(Cl)cccc32)c1. The predicted molar refractivity (Wildman–Crippen MR) is 85.3 cm³/mol. The Morgan fingerprint density at radius 2 is 2.00 bits per heavy atom. The first kappa shape index (κ1) is 12.8. The third-order valence-electron chi connectivity index (χ3n) is 2.98. The van der Waals surface area contributed by atoms with Gasteiger partial charge in [-0.25, -0.2) is 0 Å². The second-order valence-electron chi connectivity index (χ2n) is 4.10. The molecule has 2 nitrogen and oxygen atoms in total. The highest BCUT2D eigenvalue weighted by molar-refractivity contribution is 7.98. The van der Waals surface area contributed by atoms with Crippen LogP contribution >= 0.6 is 35.6 Å². The van der Waals surface area contributed by atoms with Crippen LogP contribution < -0.4 is 0 Å². The van der Waals surface area contributed by atoms with Crippen molar-refractivity contribution in [2.24, 2.45) is 0 Å². The molecule has 0 fully saturated rings. The van der Waals surface area contributed by atoms with Crippen LogP contribution in [0, 0.1) is 4.77 Å². The normalized spacial score (nSPS) is 11.1. The van der Waals surface area contributed by atoms with E-state index >= 15 is 0 Å². The lowest BCUT2D eigenvalue weighted by atomic mass is 10.3. The summed E-state index contributed by atoms with van der Waals surface area (Å²) in [6.07, 6.45) is 2.06. The molecule has 0 spiro atoms. The van der Waals surface area contributed by atoms with Gasteiger partial charge >= 0.3 is 0 Å². The quantitative estimate of drug-likeness (QED) is 0.527. The zero-order valence-electron chi connectivity index (χ0n) is 10.2. The molecule has 0 atom stereocenters. The number of benzene rings is 2.